The lowest BCUT2D eigenvalue weighted by Crippen LogP contribution is -2.48. The summed E-state index contributed by atoms with van der Waals surface area (Å²) < 4.78 is 11.6. The van der Waals surface area contributed by atoms with Crippen LogP contribution in [0.2, 0.25) is 0 Å². The fourth-order valence-corrected chi connectivity index (χ4v) is 4.25. The molecular formula is C17H22N2O2S. The number of para-hydroxylation sites is 2. The van der Waals surface area contributed by atoms with E-state index in [0.29, 0.717) is 19.2 Å². The minimum atomic E-state index is -0.00493. The second-order valence-corrected chi connectivity index (χ2v) is 7.04. The molecular weight excluding hydrogens is 296 g/mol. The van der Waals surface area contributed by atoms with Crippen molar-refractivity contribution >= 4 is 17.3 Å². The molecule has 3 aliphatic rings. The Kier molecular flexibility index (Phi) is 3.82. The Morgan fingerprint density at radius 3 is 2.82 bits per heavy atom. The Morgan fingerprint density at radius 2 is 2.05 bits per heavy atom. The van der Waals surface area contributed by atoms with E-state index in [1.807, 2.05) is 24.3 Å². The predicted octanol–water partition coefficient (Wildman–Crippen LogP) is 2.48. The van der Waals surface area contributed by atoms with Crippen LogP contribution >= 0.6 is 12.2 Å². The summed E-state index contributed by atoms with van der Waals surface area (Å²) in [6.07, 6.45) is 5.44. The van der Waals surface area contributed by atoms with Crippen LogP contribution in [0.15, 0.2) is 24.3 Å². The smallest absolute Gasteiger partial charge is 0.166 e. The zero-order chi connectivity index (χ0) is 14.9. The molecule has 4 nitrogen and oxygen atoms in total. The monoisotopic (exact) mass is 318 g/mol. The number of hydrogen-bond donors (Lipinski definition) is 2. The second-order valence-electron chi connectivity index (χ2n) is 6.63. The van der Waals surface area contributed by atoms with E-state index in [2.05, 4.69) is 10.6 Å². The number of thiocarbonyl (C=S) groups is 1. The third kappa shape index (κ3) is 2.86. The van der Waals surface area contributed by atoms with Crippen LogP contribution < -0.4 is 20.1 Å². The highest BCUT2D eigenvalue weighted by Crippen LogP contribution is 2.44. The van der Waals surface area contributed by atoms with E-state index in [-0.39, 0.29) is 6.10 Å². The highest BCUT2D eigenvalue weighted by molar-refractivity contribution is 7.80. The molecule has 1 heterocycles. The standard InChI is InChI=1S/C17H22N2O2S/c22-17(19-14-8-11-5-6-12(14)7-11)18-9-13-10-20-15-3-1-2-4-16(15)21-13/h1-4,11-14H,5-10H2,(H2,18,19,22)/t11-,12-,13-,14+/m1/s1. The fourth-order valence-electron chi connectivity index (χ4n) is 4.01. The highest BCUT2D eigenvalue weighted by atomic mass is 32.1. The van der Waals surface area contributed by atoms with E-state index in [4.69, 9.17) is 21.7 Å². The van der Waals surface area contributed by atoms with Gasteiger partial charge in [0.15, 0.2) is 16.6 Å². The Hall–Kier alpha value is -1.49. The maximum Gasteiger partial charge on any atom is 0.166 e. The Balaban J connectivity index is 1.24. The molecule has 2 N–H and O–H groups in total. The molecule has 2 aliphatic carbocycles. The van der Waals surface area contributed by atoms with Crippen LogP contribution in [0.25, 0.3) is 0 Å². The molecule has 118 valence electrons. The number of benzene rings is 1. The van der Waals surface area contributed by atoms with Crippen molar-refractivity contribution < 1.29 is 9.47 Å². The molecule has 2 saturated carbocycles. The quantitative estimate of drug-likeness (QED) is 0.838. The molecule has 1 aromatic rings. The van der Waals surface area contributed by atoms with Gasteiger partial charge in [-0.05, 0) is 55.4 Å². The minimum Gasteiger partial charge on any atom is -0.486 e. The van der Waals surface area contributed by atoms with Gasteiger partial charge in [-0.3, -0.25) is 0 Å². The van der Waals surface area contributed by atoms with Crippen molar-refractivity contribution in [2.75, 3.05) is 13.2 Å². The lowest BCUT2D eigenvalue weighted by Gasteiger charge is -2.28. The van der Waals surface area contributed by atoms with Crippen molar-refractivity contribution in [3.8, 4) is 11.5 Å². The third-order valence-electron chi connectivity index (χ3n) is 5.11. The van der Waals surface area contributed by atoms with Gasteiger partial charge < -0.3 is 20.1 Å². The number of ether oxygens (including phenoxy) is 2. The van der Waals surface area contributed by atoms with Gasteiger partial charge in [-0.15, -0.1) is 0 Å². The molecule has 2 fully saturated rings. The van der Waals surface area contributed by atoms with E-state index in [9.17, 15) is 0 Å². The molecule has 0 aromatic heterocycles. The summed E-state index contributed by atoms with van der Waals surface area (Å²) in [6, 6.07) is 8.35. The number of rotatable bonds is 3. The van der Waals surface area contributed by atoms with Crippen LogP contribution in [0.5, 0.6) is 11.5 Å². The van der Waals surface area contributed by atoms with Crippen molar-refractivity contribution in [3.05, 3.63) is 24.3 Å². The number of hydrogen-bond acceptors (Lipinski definition) is 3. The normalized spacial score (nSPS) is 31.8. The van der Waals surface area contributed by atoms with Gasteiger partial charge in [-0.2, -0.15) is 0 Å². The second kappa shape index (κ2) is 5.95. The Bertz CT molecular complexity index is 565. The van der Waals surface area contributed by atoms with E-state index >= 15 is 0 Å². The van der Waals surface area contributed by atoms with Crippen molar-refractivity contribution in [1.29, 1.82) is 0 Å². The van der Waals surface area contributed by atoms with Gasteiger partial charge in [0.05, 0.1) is 6.54 Å². The molecule has 4 rings (SSSR count). The van der Waals surface area contributed by atoms with Gasteiger partial charge in [-0.25, -0.2) is 0 Å². The molecule has 5 heteroatoms. The van der Waals surface area contributed by atoms with Crippen molar-refractivity contribution in [3.63, 3.8) is 0 Å². The topological polar surface area (TPSA) is 42.5 Å². The summed E-state index contributed by atoms with van der Waals surface area (Å²) >= 11 is 5.43. The maximum absolute atomic E-state index is 5.93. The maximum atomic E-state index is 5.93. The van der Waals surface area contributed by atoms with E-state index < -0.39 is 0 Å². The average Bonchev–Trinajstić information content (AvgIpc) is 3.15. The minimum absolute atomic E-state index is 0.00493. The molecule has 4 atom stereocenters. The van der Waals surface area contributed by atoms with Crippen LogP contribution in [0.1, 0.15) is 25.7 Å². The van der Waals surface area contributed by atoms with Gasteiger partial charge in [0.2, 0.25) is 0 Å². The zero-order valence-corrected chi connectivity index (χ0v) is 13.4. The largest absolute Gasteiger partial charge is 0.486 e. The van der Waals surface area contributed by atoms with Crippen LogP contribution in [-0.2, 0) is 0 Å². The Morgan fingerprint density at radius 1 is 1.18 bits per heavy atom. The number of nitrogens with one attached hydrogen (secondary N) is 2. The van der Waals surface area contributed by atoms with Crippen molar-refractivity contribution in [2.45, 2.75) is 37.8 Å². The Labute approximate surface area is 136 Å². The summed E-state index contributed by atoms with van der Waals surface area (Å²) in [5, 5.41) is 7.53. The predicted molar refractivity (Wildman–Crippen MR) is 89.3 cm³/mol. The first-order valence-electron chi connectivity index (χ1n) is 8.21. The molecule has 22 heavy (non-hydrogen) atoms. The van der Waals surface area contributed by atoms with Crippen molar-refractivity contribution in [1.82, 2.24) is 10.6 Å². The fraction of sp³-hybridized carbons (Fsp3) is 0.588. The molecule has 0 amide bonds. The molecule has 2 bridgehead atoms. The van der Waals surface area contributed by atoms with Gasteiger partial charge >= 0.3 is 0 Å². The average molecular weight is 318 g/mol. The molecule has 1 aromatic carbocycles. The summed E-state index contributed by atoms with van der Waals surface area (Å²) in [7, 11) is 0. The van der Waals surface area contributed by atoms with E-state index in [1.165, 1.54) is 25.7 Å². The zero-order valence-electron chi connectivity index (χ0n) is 12.6. The number of fused-ring (bicyclic) bond motifs is 3. The highest BCUT2D eigenvalue weighted by Gasteiger charge is 2.39. The van der Waals surface area contributed by atoms with Crippen LogP contribution in [0.4, 0.5) is 0 Å². The molecule has 0 radical (unpaired) electrons. The summed E-state index contributed by atoms with van der Waals surface area (Å²) in [4.78, 5) is 0. The summed E-state index contributed by atoms with van der Waals surface area (Å²) in [5.41, 5.74) is 0. The summed E-state index contributed by atoms with van der Waals surface area (Å²) in [6.45, 7) is 1.22. The van der Waals surface area contributed by atoms with Gasteiger partial charge in [0.1, 0.15) is 12.7 Å². The van der Waals surface area contributed by atoms with Crippen LogP contribution in [0.3, 0.4) is 0 Å². The molecule has 0 saturated heterocycles. The summed E-state index contributed by atoms with van der Waals surface area (Å²) in [5.74, 6) is 3.39. The van der Waals surface area contributed by atoms with Gasteiger partial charge in [0, 0.05) is 6.04 Å². The first-order chi connectivity index (χ1) is 10.8. The molecule has 0 spiro atoms. The van der Waals surface area contributed by atoms with Gasteiger partial charge in [0.25, 0.3) is 0 Å². The lowest BCUT2D eigenvalue weighted by atomic mass is 9.96. The molecule has 0 unspecified atom stereocenters. The van der Waals surface area contributed by atoms with E-state index in [1.54, 1.807) is 0 Å². The first kappa shape index (κ1) is 14.1. The SMILES string of the molecule is S=C(NC[C@@H]1COc2ccccc2O1)N[C@H]1C[C@@H]2CC[C@@H]1C2. The van der Waals surface area contributed by atoms with E-state index in [0.717, 1.165) is 28.4 Å². The van der Waals surface area contributed by atoms with Gasteiger partial charge in [-0.1, -0.05) is 18.6 Å². The lowest BCUT2D eigenvalue weighted by molar-refractivity contribution is 0.0937. The van der Waals surface area contributed by atoms with Crippen LogP contribution in [0, 0.1) is 11.8 Å². The van der Waals surface area contributed by atoms with Crippen molar-refractivity contribution in [2.24, 2.45) is 11.8 Å². The molecule has 1 aliphatic heterocycles. The van der Waals surface area contributed by atoms with Crippen LogP contribution in [-0.4, -0.2) is 30.4 Å². The first-order valence-corrected chi connectivity index (χ1v) is 8.61. The third-order valence-corrected chi connectivity index (χ3v) is 5.37.